The van der Waals surface area contributed by atoms with Crippen LogP contribution in [0.25, 0.3) is 0 Å². The Balaban J connectivity index is 1.27. The normalized spacial score (nSPS) is 29.1. The number of hydrogen-bond acceptors (Lipinski definition) is 7. The van der Waals surface area contributed by atoms with Crippen molar-refractivity contribution in [2.24, 2.45) is 5.92 Å². The Morgan fingerprint density at radius 2 is 2.00 bits per heavy atom. The highest BCUT2D eigenvalue weighted by Crippen LogP contribution is 2.46. The average molecular weight is 502 g/mol. The molecule has 4 aliphatic rings. The fourth-order valence-electron chi connectivity index (χ4n) is 6.07. The molecule has 0 spiro atoms. The maximum absolute atomic E-state index is 13.1. The predicted octanol–water partition coefficient (Wildman–Crippen LogP) is 2.04. The van der Waals surface area contributed by atoms with Gasteiger partial charge < -0.3 is 34.9 Å². The van der Waals surface area contributed by atoms with Crippen molar-refractivity contribution < 1.29 is 28.9 Å². The topological polar surface area (TPSA) is 109 Å². The lowest BCUT2D eigenvalue weighted by molar-refractivity contribution is -0.148. The van der Waals surface area contributed by atoms with Gasteiger partial charge in [0.25, 0.3) is 0 Å². The zero-order valence-electron chi connectivity index (χ0n) is 21.0. The molecule has 4 aliphatic heterocycles. The number of aliphatic hydroxyl groups is 1. The van der Waals surface area contributed by atoms with Crippen LogP contribution in [0, 0.1) is 5.92 Å². The number of benzene rings is 1. The first kappa shape index (κ1) is 25.4. The van der Waals surface area contributed by atoms with Gasteiger partial charge in [0.1, 0.15) is 11.9 Å². The molecule has 4 heterocycles. The minimum absolute atomic E-state index is 0.0577. The third-order valence-electron chi connectivity index (χ3n) is 7.95. The Labute approximate surface area is 212 Å². The van der Waals surface area contributed by atoms with Gasteiger partial charge in [-0.2, -0.15) is 0 Å². The van der Waals surface area contributed by atoms with E-state index in [1.807, 2.05) is 18.2 Å². The van der Waals surface area contributed by atoms with Crippen molar-refractivity contribution in [2.75, 3.05) is 51.3 Å². The molecule has 3 N–H and O–H groups in total. The number of piperidine rings is 1. The summed E-state index contributed by atoms with van der Waals surface area (Å²) < 4.78 is 18.0. The molecule has 2 bridgehead atoms. The van der Waals surface area contributed by atoms with Gasteiger partial charge in [0.15, 0.2) is 0 Å². The SMILES string of the molecule is O=C(C[C@H]1C[C@@H]2c3cc(ccc3OC3CCOCC3)NC(=O)[C@@H]2[C@H](CO)O1)NCCN1CCCCC1. The first-order valence-electron chi connectivity index (χ1n) is 13.6. The lowest BCUT2D eigenvalue weighted by Crippen LogP contribution is -2.48. The zero-order valence-corrected chi connectivity index (χ0v) is 21.0. The summed E-state index contributed by atoms with van der Waals surface area (Å²) in [5.74, 6) is -0.218. The summed E-state index contributed by atoms with van der Waals surface area (Å²) in [4.78, 5) is 28.3. The maximum Gasteiger partial charge on any atom is 0.230 e. The fourth-order valence-corrected chi connectivity index (χ4v) is 6.07. The largest absolute Gasteiger partial charge is 0.490 e. The standard InChI is InChI=1S/C27H39N3O6/c31-17-24-26-22(15-20(36-24)16-25(32)28-8-11-30-9-2-1-3-10-30)21-14-18(29-27(26)33)4-5-23(21)35-19-6-12-34-13-7-19/h4-5,14,19-20,22,24,26,31H,1-3,6-13,15-17H2,(H,28,32)(H,29,33)/t20-,22-,24+,26+/m1/s1. The molecule has 2 amide bonds. The quantitative estimate of drug-likeness (QED) is 0.500. The number of rotatable bonds is 8. The first-order chi connectivity index (χ1) is 17.6. The fraction of sp³-hybridized carbons (Fsp3) is 0.704. The van der Waals surface area contributed by atoms with Gasteiger partial charge in [-0.3, -0.25) is 9.59 Å². The number of hydrogen-bond donors (Lipinski definition) is 3. The van der Waals surface area contributed by atoms with Crippen LogP contribution in [-0.4, -0.2) is 86.1 Å². The van der Waals surface area contributed by atoms with E-state index in [2.05, 4.69) is 15.5 Å². The molecule has 0 radical (unpaired) electrons. The number of fused-ring (bicyclic) bond motifs is 4. The van der Waals surface area contributed by atoms with Crippen LogP contribution in [0.5, 0.6) is 5.75 Å². The van der Waals surface area contributed by atoms with Crippen LogP contribution in [-0.2, 0) is 19.1 Å². The average Bonchev–Trinajstić information content (AvgIpc) is 3.00. The van der Waals surface area contributed by atoms with E-state index in [1.165, 1.54) is 19.3 Å². The van der Waals surface area contributed by atoms with Crippen molar-refractivity contribution in [3.8, 4) is 5.75 Å². The summed E-state index contributed by atoms with van der Waals surface area (Å²) >= 11 is 0. The second-order valence-corrected chi connectivity index (χ2v) is 10.5. The van der Waals surface area contributed by atoms with Gasteiger partial charge in [0.05, 0.1) is 44.4 Å². The van der Waals surface area contributed by atoms with Gasteiger partial charge >= 0.3 is 0 Å². The van der Waals surface area contributed by atoms with Crippen LogP contribution in [0.2, 0.25) is 0 Å². The number of ether oxygens (including phenoxy) is 3. The predicted molar refractivity (Wildman–Crippen MR) is 134 cm³/mol. The molecule has 0 aliphatic carbocycles. The molecule has 5 rings (SSSR count). The molecule has 3 saturated heterocycles. The van der Waals surface area contributed by atoms with E-state index in [1.54, 1.807) is 0 Å². The number of anilines is 1. The molecule has 0 aromatic heterocycles. The minimum Gasteiger partial charge on any atom is -0.490 e. The van der Waals surface area contributed by atoms with Crippen molar-refractivity contribution in [1.82, 2.24) is 10.2 Å². The molecule has 3 fully saturated rings. The molecular formula is C27H39N3O6. The van der Waals surface area contributed by atoms with E-state index in [-0.39, 0.29) is 43.0 Å². The van der Waals surface area contributed by atoms with Crippen molar-refractivity contribution in [2.45, 2.75) is 69.2 Å². The number of nitrogens with zero attached hydrogens (tertiary/aromatic N) is 1. The van der Waals surface area contributed by atoms with Crippen LogP contribution in [0.3, 0.4) is 0 Å². The summed E-state index contributed by atoms with van der Waals surface area (Å²) in [7, 11) is 0. The second-order valence-electron chi connectivity index (χ2n) is 10.5. The van der Waals surface area contributed by atoms with E-state index in [9.17, 15) is 14.7 Å². The maximum atomic E-state index is 13.1. The highest BCUT2D eigenvalue weighted by Gasteiger charge is 2.46. The molecule has 0 saturated carbocycles. The third kappa shape index (κ3) is 6.02. The highest BCUT2D eigenvalue weighted by atomic mass is 16.5. The van der Waals surface area contributed by atoms with Crippen molar-refractivity contribution >= 4 is 17.5 Å². The summed E-state index contributed by atoms with van der Waals surface area (Å²) in [5, 5.41) is 16.1. The molecule has 9 nitrogen and oxygen atoms in total. The summed E-state index contributed by atoms with van der Waals surface area (Å²) in [6, 6.07) is 5.76. The number of carbonyl (C=O) groups is 2. The number of likely N-dealkylation sites (tertiary alicyclic amines) is 1. The molecule has 198 valence electrons. The van der Waals surface area contributed by atoms with Crippen molar-refractivity contribution in [3.05, 3.63) is 23.8 Å². The van der Waals surface area contributed by atoms with Crippen molar-refractivity contribution in [1.29, 1.82) is 0 Å². The smallest absolute Gasteiger partial charge is 0.230 e. The van der Waals surface area contributed by atoms with Crippen LogP contribution < -0.4 is 15.4 Å². The number of carbonyl (C=O) groups excluding carboxylic acids is 2. The van der Waals surface area contributed by atoms with Crippen LogP contribution in [0.4, 0.5) is 5.69 Å². The molecule has 0 unspecified atom stereocenters. The molecular weight excluding hydrogens is 462 g/mol. The zero-order chi connectivity index (χ0) is 24.9. The molecule has 9 heteroatoms. The third-order valence-corrected chi connectivity index (χ3v) is 7.95. The van der Waals surface area contributed by atoms with E-state index in [0.29, 0.717) is 31.9 Å². The Hall–Kier alpha value is -2.20. The van der Waals surface area contributed by atoms with Gasteiger partial charge in [-0.15, -0.1) is 0 Å². The van der Waals surface area contributed by atoms with Crippen LogP contribution in [0.1, 0.15) is 56.4 Å². The number of aliphatic hydroxyl groups excluding tert-OH is 1. The molecule has 1 aromatic carbocycles. The Morgan fingerprint density at radius 3 is 2.78 bits per heavy atom. The lowest BCUT2D eigenvalue weighted by Gasteiger charge is -2.40. The lowest BCUT2D eigenvalue weighted by atomic mass is 9.76. The van der Waals surface area contributed by atoms with Gasteiger partial charge in [0.2, 0.25) is 11.8 Å². The highest BCUT2D eigenvalue weighted by molar-refractivity contribution is 5.95. The van der Waals surface area contributed by atoms with E-state index >= 15 is 0 Å². The van der Waals surface area contributed by atoms with Gasteiger partial charge in [-0.05, 0) is 50.6 Å². The Bertz CT molecular complexity index is 915. The second kappa shape index (κ2) is 11.9. The number of nitrogens with one attached hydrogen (secondary N) is 2. The molecule has 4 atom stereocenters. The van der Waals surface area contributed by atoms with Gasteiger partial charge in [0, 0.05) is 43.1 Å². The Morgan fingerprint density at radius 1 is 1.19 bits per heavy atom. The van der Waals surface area contributed by atoms with E-state index in [4.69, 9.17) is 14.2 Å². The minimum atomic E-state index is -0.680. The molecule has 36 heavy (non-hydrogen) atoms. The first-order valence-corrected chi connectivity index (χ1v) is 13.6. The van der Waals surface area contributed by atoms with Crippen LogP contribution in [0.15, 0.2) is 18.2 Å². The summed E-state index contributed by atoms with van der Waals surface area (Å²) in [6.07, 6.45) is 5.13. The monoisotopic (exact) mass is 501 g/mol. The van der Waals surface area contributed by atoms with Gasteiger partial charge in [-0.25, -0.2) is 0 Å². The summed E-state index contributed by atoms with van der Waals surface area (Å²) in [5.41, 5.74) is 1.66. The van der Waals surface area contributed by atoms with Gasteiger partial charge in [-0.1, -0.05) is 6.42 Å². The van der Waals surface area contributed by atoms with Crippen LogP contribution >= 0.6 is 0 Å². The van der Waals surface area contributed by atoms with E-state index in [0.717, 1.165) is 43.8 Å². The Kier molecular flexibility index (Phi) is 8.41. The van der Waals surface area contributed by atoms with E-state index < -0.39 is 12.0 Å². The summed E-state index contributed by atoms with van der Waals surface area (Å²) in [6.45, 7) is 4.76. The van der Waals surface area contributed by atoms with Crippen molar-refractivity contribution in [3.63, 3.8) is 0 Å². The molecule has 1 aromatic rings. The number of amides is 2.